The Bertz CT molecular complexity index is 301. The lowest BCUT2D eigenvalue weighted by Gasteiger charge is -2.37. The van der Waals surface area contributed by atoms with Crippen LogP contribution < -0.4 is 5.73 Å². The normalized spacial score (nSPS) is 28.5. The fraction of sp³-hybridized carbons (Fsp3) is 1.00. The summed E-state index contributed by atoms with van der Waals surface area (Å²) in [7, 11) is 0. The van der Waals surface area contributed by atoms with Crippen molar-refractivity contribution in [1.82, 2.24) is 4.90 Å². The van der Waals surface area contributed by atoms with Gasteiger partial charge >= 0.3 is 0 Å². The molecule has 0 aromatic heterocycles. The van der Waals surface area contributed by atoms with Gasteiger partial charge in [-0.2, -0.15) is 0 Å². The smallest absolute Gasteiger partial charge is 0.0788 e. The second-order valence-corrected chi connectivity index (χ2v) is 7.13. The second-order valence-electron chi connectivity index (χ2n) is 7.13. The first kappa shape index (κ1) is 17.9. The number of hydrogen-bond acceptors (Lipinski definition) is 4. The van der Waals surface area contributed by atoms with Gasteiger partial charge in [-0.1, -0.05) is 13.8 Å². The van der Waals surface area contributed by atoms with Crippen LogP contribution >= 0.6 is 0 Å². The molecule has 1 rings (SSSR count). The van der Waals surface area contributed by atoms with E-state index < -0.39 is 0 Å². The molecule has 3 N–H and O–H groups in total. The van der Waals surface area contributed by atoms with Gasteiger partial charge in [-0.3, -0.25) is 4.90 Å². The van der Waals surface area contributed by atoms with E-state index in [4.69, 9.17) is 10.5 Å². The molecule has 0 bridgehead atoms. The Kier molecular flexibility index (Phi) is 6.02. The number of nitrogens with zero attached hydrogens (tertiary/aromatic N) is 1. The van der Waals surface area contributed by atoms with E-state index in [1.54, 1.807) is 0 Å². The van der Waals surface area contributed by atoms with Crippen molar-refractivity contribution >= 4 is 0 Å². The van der Waals surface area contributed by atoms with E-state index >= 15 is 0 Å². The number of rotatable bonds is 7. The van der Waals surface area contributed by atoms with Crippen LogP contribution in [0, 0.1) is 5.92 Å². The average molecular weight is 286 g/mol. The fourth-order valence-corrected chi connectivity index (χ4v) is 3.68. The Morgan fingerprint density at radius 3 is 2.05 bits per heavy atom. The van der Waals surface area contributed by atoms with Crippen LogP contribution in [0.5, 0.6) is 0 Å². The minimum Gasteiger partial charge on any atom is -0.395 e. The third-order valence-electron chi connectivity index (χ3n) is 4.93. The molecule has 0 amide bonds. The molecule has 0 radical (unpaired) electrons. The molecule has 2 unspecified atom stereocenters. The zero-order chi connectivity index (χ0) is 15.6. The van der Waals surface area contributed by atoms with Crippen molar-refractivity contribution in [2.24, 2.45) is 11.7 Å². The minimum atomic E-state index is -0.285. The zero-order valence-corrected chi connectivity index (χ0v) is 14.1. The van der Waals surface area contributed by atoms with Crippen molar-refractivity contribution in [3.63, 3.8) is 0 Å². The van der Waals surface area contributed by atoms with E-state index in [1.807, 2.05) is 0 Å². The lowest BCUT2D eigenvalue weighted by atomic mass is 9.82. The Morgan fingerprint density at radius 1 is 1.15 bits per heavy atom. The Labute approximate surface area is 124 Å². The average Bonchev–Trinajstić information content (AvgIpc) is 2.49. The number of aliphatic hydroxyl groups excluding tert-OH is 1. The van der Waals surface area contributed by atoms with Crippen LogP contribution in [-0.2, 0) is 4.74 Å². The van der Waals surface area contributed by atoms with Gasteiger partial charge in [-0.15, -0.1) is 0 Å². The van der Waals surface area contributed by atoms with Crippen LogP contribution in [0.2, 0.25) is 0 Å². The Balaban J connectivity index is 2.86. The van der Waals surface area contributed by atoms with Crippen LogP contribution in [0.25, 0.3) is 0 Å². The highest BCUT2D eigenvalue weighted by molar-refractivity contribution is 5.05. The van der Waals surface area contributed by atoms with Crippen molar-refractivity contribution in [2.75, 3.05) is 19.7 Å². The van der Waals surface area contributed by atoms with Crippen molar-refractivity contribution in [1.29, 1.82) is 0 Å². The predicted octanol–water partition coefficient (Wildman–Crippen LogP) is 2.00. The molecule has 4 heteroatoms. The second kappa shape index (κ2) is 6.73. The summed E-state index contributed by atoms with van der Waals surface area (Å²) in [6.45, 7) is 14.6. The molecule has 0 spiro atoms. The molecule has 0 aliphatic carbocycles. The number of aliphatic hydroxyl groups is 1. The molecule has 120 valence electrons. The van der Waals surface area contributed by atoms with E-state index in [-0.39, 0.29) is 29.8 Å². The molecule has 1 aliphatic heterocycles. The number of nitrogens with two attached hydrogens (primary N) is 1. The van der Waals surface area contributed by atoms with Crippen LogP contribution in [0.4, 0.5) is 0 Å². The predicted molar refractivity (Wildman–Crippen MR) is 83.7 cm³/mol. The monoisotopic (exact) mass is 286 g/mol. The number of hydrogen-bond donors (Lipinski definition) is 2. The van der Waals surface area contributed by atoms with Crippen LogP contribution in [-0.4, -0.2) is 53.0 Å². The van der Waals surface area contributed by atoms with Gasteiger partial charge in [0.05, 0.1) is 17.8 Å². The minimum absolute atomic E-state index is 0.0213. The molecule has 1 fully saturated rings. The topological polar surface area (TPSA) is 58.7 Å². The zero-order valence-electron chi connectivity index (χ0n) is 14.1. The molecule has 2 atom stereocenters. The SMILES string of the molecule is CCC(CC)N(CCO)CC1C(N)C(C)(C)OC1(C)C. The summed E-state index contributed by atoms with van der Waals surface area (Å²) in [5.41, 5.74) is 5.94. The molecule has 1 aliphatic rings. The van der Waals surface area contributed by atoms with Crippen molar-refractivity contribution in [3.05, 3.63) is 0 Å². The number of ether oxygens (including phenoxy) is 1. The van der Waals surface area contributed by atoms with Gasteiger partial charge in [0, 0.05) is 31.1 Å². The molecule has 20 heavy (non-hydrogen) atoms. The van der Waals surface area contributed by atoms with Crippen molar-refractivity contribution in [2.45, 2.75) is 77.7 Å². The molecular weight excluding hydrogens is 252 g/mol. The summed E-state index contributed by atoms with van der Waals surface area (Å²) < 4.78 is 6.17. The van der Waals surface area contributed by atoms with Gasteiger partial charge in [0.1, 0.15) is 0 Å². The van der Waals surface area contributed by atoms with Gasteiger partial charge in [0.15, 0.2) is 0 Å². The van der Waals surface area contributed by atoms with Crippen molar-refractivity contribution < 1.29 is 9.84 Å². The summed E-state index contributed by atoms with van der Waals surface area (Å²) in [5.74, 6) is 0.282. The van der Waals surface area contributed by atoms with E-state index in [9.17, 15) is 5.11 Å². The molecule has 1 saturated heterocycles. The van der Waals surface area contributed by atoms with Crippen LogP contribution in [0.15, 0.2) is 0 Å². The molecule has 1 heterocycles. The highest BCUT2D eigenvalue weighted by Gasteiger charge is 2.52. The maximum Gasteiger partial charge on any atom is 0.0788 e. The first-order chi connectivity index (χ1) is 9.19. The van der Waals surface area contributed by atoms with Gasteiger partial charge in [-0.25, -0.2) is 0 Å². The highest BCUT2D eigenvalue weighted by Crippen LogP contribution is 2.41. The summed E-state index contributed by atoms with van der Waals surface area (Å²) >= 11 is 0. The summed E-state index contributed by atoms with van der Waals surface area (Å²) in [5, 5.41) is 9.35. The largest absolute Gasteiger partial charge is 0.395 e. The van der Waals surface area contributed by atoms with E-state index in [0.29, 0.717) is 12.6 Å². The van der Waals surface area contributed by atoms with E-state index in [1.165, 1.54) is 0 Å². The van der Waals surface area contributed by atoms with E-state index in [2.05, 4.69) is 46.4 Å². The van der Waals surface area contributed by atoms with Gasteiger partial charge in [0.25, 0.3) is 0 Å². The lowest BCUT2D eigenvalue weighted by Crippen LogP contribution is -2.50. The Morgan fingerprint density at radius 2 is 1.70 bits per heavy atom. The summed E-state index contributed by atoms with van der Waals surface area (Å²) in [6.07, 6.45) is 2.20. The van der Waals surface area contributed by atoms with Crippen LogP contribution in [0.1, 0.15) is 54.4 Å². The molecule has 0 aromatic carbocycles. The maximum absolute atomic E-state index is 9.35. The van der Waals surface area contributed by atoms with Gasteiger partial charge < -0.3 is 15.6 Å². The fourth-order valence-electron chi connectivity index (χ4n) is 3.68. The van der Waals surface area contributed by atoms with Crippen molar-refractivity contribution in [3.8, 4) is 0 Å². The molecule has 0 aromatic rings. The van der Waals surface area contributed by atoms with Gasteiger partial charge in [0.2, 0.25) is 0 Å². The highest BCUT2D eigenvalue weighted by atomic mass is 16.5. The molecule has 0 saturated carbocycles. The van der Waals surface area contributed by atoms with E-state index in [0.717, 1.165) is 19.4 Å². The maximum atomic E-state index is 9.35. The molecule has 4 nitrogen and oxygen atoms in total. The Hall–Kier alpha value is -0.160. The lowest BCUT2D eigenvalue weighted by molar-refractivity contribution is -0.0795. The third kappa shape index (κ3) is 3.73. The first-order valence-corrected chi connectivity index (χ1v) is 8.00. The van der Waals surface area contributed by atoms with Gasteiger partial charge in [-0.05, 0) is 40.5 Å². The van der Waals surface area contributed by atoms with Crippen LogP contribution in [0.3, 0.4) is 0 Å². The summed E-state index contributed by atoms with van der Waals surface area (Å²) in [4.78, 5) is 2.39. The first-order valence-electron chi connectivity index (χ1n) is 8.00. The summed E-state index contributed by atoms with van der Waals surface area (Å²) in [6, 6.07) is 0.530. The molecular formula is C16H34N2O2. The quantitative estimate of drug-likeness (QED) is 0.751. The standard InChI is InChI=1S/C16H34N2O2/c1-7-12(8-2)18(9-10-19)11-13-14(17)16(5,6)20-15(13,3)4/h12-14,19H,7-11,17H2,1-6H3. The third-order valence-corrected chi connectivity index (χ3v) is 4.93.